The van der Waals surface area contributed by atoms with Crippen LogP contribution in [0.3, 0.4) is 0 Å². The highest BCUT2D eigenvalue weighted by molar-refractivity contribution is 5.71. The molecule has 3 saturated carbocycles. The number of carbonyl (C=O) groups excluding carboxylic acids is 1. The van der Waals surface area contributed by atoms with Crippen LogP contribution in [0.1, 0.15) is 92.9 Å². The van der Waals surface area contributed by atoms with Crippen molar-refractivity contribution in [2.24, 2.45) is 52.3 Å². The average molecular weight is 501 g/mol. The number of aliphatic hydroxyl groups is 1. The van der Waals surface area contributed by atoms with Gasteiger partial charge in [-0.05, 0) is 97.7 Å². The minimum atomic E-state index is -0.893. The zero-order valence-electron chi connectivity index (χ0n) is 23.3. The number of carboxylic acid groups (broad SMARTS) is 1. The number of ether oxygens (including phenoxy) is 1. The number of esters is 1. The molecule has 5 nitrogen and oxygen atoms in total. The number of carboxylic acids is 1. The topological polar surface area (TPSA) is 83.8 Å². The lowest BCUT2D eigenvalue weighted by Crippen LogP contribution is -2.53. The monoisotopic (exact) mass is 500 g/mol. The van der Waals surface area contributed by atoms with Gasteiger partial charge in [0.15, 0.2) is 0 Å². The fourth-order valence-corrected chi connectivity index (χ4v) is 9.18. The Bertz CT molecular complexity index is 920. The second-order valence-corrected chi connectivity index (χ2v) is 13.4. The average Bonchev–Trinajstić information content (AvgIpc) is 3.12. The molecule has 202 valence electrons. The van der Waals surface area contributed by atoms with E-state index in [1.54, 1.807) is 5.57 Å². The van der Waals surface area contributed by atoms with E-state index in [2.05, 4.69) is 33.4 Å². The van der Waals surface area contributed by atoms with Gasteiger partial charge in [0.2, 0.25) is 0 Å². The first-order valence-corrected chi connectivity index (χ1v) is 14.3. The molecule has 0 aliphatic heterocycles. The third-order valence-electron chi connectivity index (χ3n) is 11.4. The summed E-state index contributed by atoms with van der Waals surface area (Å²) in [6, 6.07) is 0. The van der Waals surface area contributed by atoms with Gasteiger partial charge in [-0.3, -0.25) is 9.59 Å². The lowest BCUT2D eigenvalue weighted by atomic mass is 9.46. The molecule has 5 heteroatoms. The summed E-state index contributed by atoms with van der Waals surface area (Å²) in [6.45, 7) is 16.7. The highest BCUT2D eigenvalue weighted by Crippen LogP contribution is 2.67. The summed E-state index contributed by atoms with van der Waals surface area (Å²) in [6.07, 6.45) is 8.93. The number of aliphatic carboxylic acids is 1. The van der Waals surface area contributed by atoms with Gasteiger partial charge in [0, 0.05) is 6.92 Å². The molecule has 4 rings (SSSR count). The normalized spacial score (nSPS) is 41.4. The predicted molar refractivity (Wildman–Crippen MR) is 141 cm³/mol. The summed E-state index contributed by atoms with van der Waals surface area (Å²) in [7, 11) is 0. The van der Waals surface area contributed by atoms with Crippen LogP contribution in [0.25, 0.3) is 0 Å². The van der Waals surface area contributed by atoms with Gasteiger partial charge in [-0.25, -0.2) is 0 Å². The Kier molecular flexibility index (Phi) is 7.56. The van der Waals surface area contributed by atoms with E-state index in [0.717, 1.165) is 50.5 Å². The van der Waals surface area contributed by atoms with Crippen molar-refractivity contribution in [3.63, 3.8) is 0 Å². The van der Waals surface area contributed by atoms with Crippen molar-refractivity contribution in [1.29, 1.82) is 0 Å². The molecule has 36 heavy (non-hydrogen) atoms. The van der Waals surface area contributed by atoms with Crippen molar-refractivity contribution in [2.75, 3.05) is 0 Å². The SMILES string of the molecule is C=C(CC(O)C(C(=O)O)C1CCC2C3=CCC4C(C)C(OC(C)=O)CCC4(C)C3CCC21C)C(C)C. The van der Waals surface area contributed by atoms with Crippen molar-refractivity contribution in [2.45, 2.75) is 105 Å². The van der Waals surface area contributed by atoms with Crippen molar-refractivity contribution < 1.29 is 24.5 Å². The summed E-state index contributed by atoms with van der Waals surface area (Å²) in [5.74, 6) is 0.161. The van der Waals surface area contributed by atoms with Crippen LogP contribution in [0.5, 0.6) is 0 Å². The zero-order chi connectivity index (χ0) is 26.6. The molecule has 2 N–H and O–H groups in total. The van der Waals surface area contributed by atoms with Gasteiger partial charge in [-0.15, -0.1) is 0 Å². The van der Waals surface area contributed by atoms with Crippen LogP contribution in [-0.2, 0) is 14.3 Å². The van der Waals surface area contributed by atoms with E-state index in [0.29, 0.717) is 30.1 Å². The fourth-order valence-electron chi connectivity index (χ4n) is 9.18. The molecule has 0 bridgehead atoms. The maximum Gasteiger partial charge on any atom is 0.309 e. The molecule has 10 atom stereocenters. The van der Waals surface area contributed by atoms with Crippen molar-refractivity contribution >= 4 is 11.9 Å². The van der Waals surface area contributed by atoms with Crippen LogP contribution in [0, 0.1) is 52.3 Å². The molecular weight excluding hydrogens is 452 g/mol. The highest BCUT2D eigenvalue weighted by atomic mass is 16.5. The van der Waals surface area contributed by atoms with Crippen molar-refractivity contribution in [3.05, 3.63) is 23.8 Å². The van der Waals surface area contributed by atoms with Crippen LogP contribution >= 0.6 is 0 Å². The van der Waals surface area contributed by atoms with Gasteiger partial charge in [-0.1, -0.05) is 58.4 Å². The third kappa shape index (κ3) is 4.48. The second-order valence-electron chi connectivity index (χ2n) is 13.4. The second kappa shape index (κ2) is 9.93. The largest absolute Gasteiger partial charge is 0.481 e. The Morgan fingerprint density at radius 1 is 1.11 bits per heavy atom. The van der Waals surface area contributed by atoms with Gasteiger partial charge in [0.1, 0.15) is 6.10 Å². The highest BCUT2D eigenvalue weighted by Gasteiger charge is 2.61. The number of allylic oxidation sites excluding steroid dienone is 2. The van der Waals surface area contributed by atoms with Crippen LogP contribution < -0.4 is 0 Å². The molecule has 0 saturated heterocycles. The maximum absolute atomic E-state index is 12.5. The lowest BCUT2D eigenvalue weighted by molar-refractivity contribution is -0.159. The Balaban J connectivity index is 1.58. The molecule has 0 heterocycles. The minimum absolute atomic E-state index is 0.0126. The summed E-state index contributed by atoms with van der Waals surface area (Å²) in [5.41, 5.74) is 2.58. The summed E-state index contributed by atoms with van der Waals surface area (Å²) < 4.78 is 5.70. The van der Waals surface area contributed by atoms with E-state index in [1.807, 2.05) is 13.8 Å². The van der Waals surface area contributed by atoms with Gasteiger partial charge in [0.25, 0.3) is 0 Å². The molecule has 4 aliphatic carbocycles. The van der Waals surface area contributed by atoms with E-state index >= 15 is 0 Å². The first-order chi connectivity index (χ1) is 16.8. The number of fused-ring (bicyclic) bond motifs is 5. The van der Waals surface area contributed by atoms with Gasteiger partial charge in [0.05, 0.1) is 12.0 Å². The van der Waals surface area contributed by atoms with E-state index < -0.39 is 18.0 Å². The first kappa shape index (κ1) is 27.4. The Hall–Kier alpha value is -1.62. The Morgan fingerprint density at radius 3 is 2.36 bits per heavy atom. The summed E-state index contributed by atoms with van der Waals surface area (Å²) >= 11 is 0. The number of hydrogen-bond acceptors (Lipinski definition) is 4. The fraction of sp³-hybridized carbons (Fsp3) is 0.806. The standard InChI is InChI=1S/C31H48O5/c1-17(2)18(3)16-26(33)28(29(34)35)25-11-10-23-21-8-9-22-19(4)27(36-20(5)32)13-15-30(22,6)24(21)12-14-31(23,25)7/h8,17,19,22-28,33H,3,9-16H2,1-2,4-7H3,(H,34,35). The van der Waals surface area contributed by atoms with E-state index in [4.69, 9.17) is 4.74 Å². The van der Waals surface area contributed by atoms with E-state index in [9.17, 15) is 19.8 Å². The minimum Gasteiger partial charge on any atom is -0.481 e. The lowest BCUT2D eigenvalue weighted by Gasteiger charge is -2.59. The van der Waals surface area contributed by atoms with Crippen LogP contribution in [0.2, 0.25) is 0 Å². The Labute approximate surface area is 217 Å². The third-order valence-corrected chi connectivity index (χ3v) is 11.4. The molecule has 3 fully saturated rings. The summed E-state index contributed by atoms with van der Waals surface area (Å²) in [4.78, 5) is 24.2. The molecule has 0 radical (unpaired) electrons. The predicted octanol–water partition coefficient (Wildman–Crippen LogP) is 6.41. The van der Waals surface area contributed by atoms with Crippen molar-refractivity contribution in [3.8, 4) is 0 Å². The Morgan fingerprint density at radius 2 is 1.75 bits per heavy atom. The van der Waals surface area contributed by atoms with Crippen LogP contribution in [0.4, 0.5) is 0 Å². The molecule has 4 aliphatic rings. The molecule has 0 spiro atoms. The van der Waals surface area contributed by atoms with Crippen molar-refractivity contribution in [1.82, 2.24) is 0 Å². The molecule has 0 aromatic rings. The van der Waals surface area contributed by atoms with E-state index in [-0.39, 0.29) is 34.7 Å². The zero-order valence-corrected chi connectivity index (χ0v) is 23.3. The smallest absolute Gasteiger partial charge is 0.309 e. The number of aliphatic hydroxyl groups excluding tert-OH is 1. The molecule has 0 amide bonds. The number of rotatable bonds is 7. The first-order valence-electron chi connectivity index (χ1n) is 14.3. The maximum atomic E-state index is 12.5. The molecular formula is C31H48O5. The molecule has 0 aromatic carbocycles. The molecule has 10 unspecified atom stereocenters. The van der Waals surface area contributed by atoms with Gasteiger partial charge >= 0.3 is 11.9 Å². The van der Waals surface area contributed by atoms with E-state index in [1.165, 1.54) is 6.92 Å². The number of carbonyl (C=O) groups is 2. The van der Waals surface area contributed by atoms with Gasteiger partial charge in [-0.2, -0.15) is 0 Å². The van der Waals surface area contributed by atoms with Gasteiger partial charge < -0.3 is 14.9 Å². The number of hydrogen-bond donors (Lipinski definition) is 2. The summed E-state index contributed by atoms with van der Waals surface area (Å²) in [5, 5.41) is 21.4. The quantitative estimate of drug-likeness (QED) is 0.312. The molecule has 0 aromatic heterocycles. The van der Waals surface area contributed by atoms with Crippen LogP contribution in [0.15, 0.2) is 23.8 Å². The van der Waals surface area contributed by atoms with Crippen LogP contribution in [-0.4, -0.2) is 34.4 Å².